The number of anilines is 1. The van der Waals surface area contributed by atoms with Crippen LogP contribution in [0.25, 0.3) is 11.5 Å². The first-order valence-corrected chi connectivity index (χ1v) is 9.50. The molecule has 1 amide bonds. The number of nitrogens with zero attached hydrogens (tertiary/aromatic N) is 2. The Hall–Kier alpha value is -2.38. The Balaban J connectivity index is 1.36. The van der Waals surface area contributed by atoms with Gasteiger partial charge in [0.1, 0.15) is 6.26 Å². The second-order valence-electron chi connectivity index (χ2n) is 6.26. The number of hydrogen-bond acceptors (Lipinski definition) is 6. The molecular weight excluding hydrogens is 372 g/mol. The van der Waals surface area contributed by atoms with E-state index in [-0.39, 0.29) is 18.4 Å². The number of oxazole rings is 1. The van der Waals surface area contributed by atoms with E-state index in [9.17, 15) is 4.79 Å². The zero-order chi connectivity index (χ0) is 18.1. The number of carbonyl (C=O) groups excluding carboxylic acids is 1. The molecule has 0 bridgehead atoms. The number of benzene rings is 1. The fourth-order valence-electron chi connectivity index (χ4n) is 3.07. The number of halogens is 1. The maximum Gasteiger partial charge on any atom is 0.226 e. The predicted octanol–water partition coefficient (Wildman–Crippen LogP) is 3.25. The van der Waals surface area contributed by atoms with E-state index in [4.69, 9.17) is 21.8 Å². The van der Waals surface area contributed by atoms with Gasteiger partial charge in [-0.15, -0.1) is 11.3 Å². The molecule has 0 fully saturated rings. The van der Waals surface area contributed by atoms with E-state index in [0.717, 1.165) is 30.5 Å². The molecular formula is C18H17ClN4O2S. The lowest BCUT2D eigenvalue weighted by atomic mass is 9.97. The quantitative estimate of drug-likeness (QED) is 0.715. The number of thiazole rings is 1. The molecule has 6 nitrogen and oxygen atoms in total. The van der Waals surface area contributed by atoms with Gasteiger partial charge in [0.2, 0.25) is 11.8 Å². The van der Waals surface area contributed by atoms with Crippen molar-refractivity contribution in [1.29, 1.82) is 0 Å². The summed E-state index contributed by atoms with van der Waals surface area (Å²) in [6.07, 6.45) is 4.21. The summed E-state index contributed by atoms with van der Waals surface area (Å²) in [7, 11) is 0. The minimum absolute atomic E-state index is 0.0631. The summed E-state index contributed by atoms with van der Waals surface area (Å²) in [6, 6.07) is 7.32. The number of fused-ring (bicyclic) bond motifs is 1. The maximum absolute atomic E-state index is 12.3. The first-order valence-electron chi connectivity index (χ1n) is 8.30. The van der Waals surface area contributed by atoms with Gasteiger partial charge in [-0.05, 0) is 37.1 Å². The number of aromatic nitrogens is 2. The monoisotopic (exact) mass is 388 g/mol. The van der Waals surface area contributed by atoms with Crippen LogP contribution in [0.15, 0.2) is 34.9 Å². The van der Waals surface area contributed by atoms with Crippen molar-refractivity contribution >= 4 is 34.0 Å². The lowest BCUT2D eigenvalue weighted by Gasteiger charge is -2.22. The van der Waals surface area contributed by atoms with Crippen LogP contribution in [-0.4, -0.2) is 21.9 Å². The van der Waals surface area contributed by atoms with E-state index in [0.29, 0.717) is 21.7 Å². The van der Waals surface area contributed by atoms with E-state index in [2.05, 4.69) is 15.3 Å². The van der Waals surface area contributed by atoms with Crippen LogP contribution in [0.4, 0.5) is 5.13 Å². The summed E-state index contributed by atoms with van der Waals surface area (Å²) in [4.78, 5) is 22.2. The van der Waals surface area contributed by atoms with Crippen LogP contribution in [-0.2, 0) is 24.1 Å². The first-order chi connectivity index (χ1) is 12.6. The summed E-state index contributed by atoms with van der Waals surface area (Å²) in [5.74, 6) is 0.416. The van der Waals surface area contributed by atoms with Crippen LogP contribution in [0, 0.1) is 0 Å². The third-order valence-corrected chi connectivity index (χ3v) is 5.51. The Kier molecular flexibility index (Phi) is 4.65. The third-order valence-electron chi connectivity index (χ3n) is 4.31. The highest BCUT2D eigenvalue weighted by atomic mass is 35.5. The van der Waals surface area contributed by atoms with Crippen LogP contribution in [0.1, 0.15) is 22.7 Å². The molecule has 1 aliphatic rings. The van der Waals surface area contributed by atoms with Gasteiger partial charge in [-0.3, -0.25) is 4.79 Å². The Labute approximate surface area is 159 Å². The summed E-state index contributed by atoms with van der Waals surface area (Å²) in [5.41, 5.74) is 8.26. The van der Waals surface area contributed by atoms with Gasteiger partial charge < -0.3 is 15.5 Å². The van der Waals surface area contributed by atoms with E-state index < -0.39 is 0 Å². The van der Waals surface area contributed by atoms with Gasteiger partial charge in [0.25, 0.3) is 0 Å². The van der Waals surface area contributed by atoms with Crippen molar-refractivity contribution < 1.29 is 9.21 Å². The molecule has 3 aromatic rings. The number of amides is 1. The number of hydrogen-bond donors (Lipinski definition) is 2. The second kappa shape index (κ2) is 7.09. The summed E-state index contributed by atoms with van der Waals surface area (Å²) in [5, 5.41) is 4.32. The Morgan fingerprint density at radius 1 is 1.35 bits per heavy atom. The molecule has 4 rings (SSSR count). The average molecular weight is 389 g/mol. The third kappa shape index (κ3) is 3.73. The van der Waals surface area contributed by atoms with Crippen LogP contribution in [0.3, 0.4) is 0 Å². The lowest BCUT2D eigenvalue weighted by Crippen LogP contribution is -2.39. The van der Waals surface area contributed by atoms with Crippen LogP contribution in [0.2, 0.25) is 5.02 Å². The molecule has 0 saturated heterocycles. The highest BCUT2D eigenvalue weighted by Gasteiger charge is 2.23. The molecule has 1 aromatic carbocycles. The molecule has 0 unspecified atom stereocenters. The second-order valence-corrected chi connectivity index (χ2v) is 7.81. The standard InChI is InChI=1S/C18H17ClN4O2S/c19-11-3-1-10(2-4-11)17-22-13(9-25-17)8-16(24)21-12-5-6-14-15(7-12)26-18(20)23-14/h1-4,9,12H,5-8H2,(H2,20,23)(H,21,24)/t12-/m0/s1. The van der Waals surface area contributed by atoms with Crippen molar-refractivity contribution in [2.45, 2.75) is 31.7 Å². The predicted molar refractivity (Wildman–Crippen MR) is 101 cm³/mol. The van der Waals surface area contributed by atoms with Gasteiger partial charge in [-0.1, -0.05) is 11.6 Å². The SMILES string of the molecule is Nc1nc2c(s1)C[C@@H](NC(=O)Cc1coc(-c3ccc(Cl)cc3)n1)CC2. The van der Waals surface area contributed by atoms with Crippen molar-refractivity contribution in [3.05, 3.63) is 51.8 Å². The molecule has 2 heterocycles. The summed E-state index contributed by atoms with van der Waals surface area (Å²) in [6.45, 7) is 0. The minimum Gasteiger partial charge on any atom is -0.444 e. The molecule has 0 saturated carbocycles. The van der Waals surface area contributed by atoms with Crippen molar-refractivity contribution in [2.24, 2.45) is 0 Å². The van der Waals surface area contributed by atoms with Gasteiger partial charge in [0.15, 0.2) is 5.13 Å². The van der Waals surface area contributed by atoms with Crippen molar-refractivity contribution in [2.75, 3.05) is 5.73 Å². The first kappa shape index (κ1) is 17.1. The Morgan fingerprint density at radius 2 is 2.15 bits per heavy atom. The largest absolute Gasteiger partial charge is 0.444 e. The van der Waals surface area contributed by atoms with Crippen LogP contribution < -0.4 is 11.1 Å². The molecule has 0 spiro atoms. The van der Waals surface area contributed by atoms with E-state index in [1.54, 1.807) is 12.1 Å². The van der Waals surface area contributed by atoms with Crippen molar-refractivity contribution in [3.63, 3.8) is 0 Å². The van der Waals surface area contributed by atoms with Gasteiger partial charge in [-0.2, -0.15) is 0 Å². The molecule has 134 valence electrons. The molecule has 0 radical (unpaired) electrons. The lowest BCUT2D eigenvalue weighted by molar-refractivity contribution is -0.121. The van der Waals surface area contributed by atoms with Gasteiger partial charge in [0, 0.05) is 27.9 Å². The van der Waals surface area contributed by atoms with Crippen molar-refractivity contribution in [1.82, 2.24) is 15.3 Å². The van der Waals surface area contributed by atoms with E-state index in [1.165, 1.54) is 22.5 Å². The van der Waals surface area contributed by atoms with Gasteiger partial charge >= 0.3 is 0 Å². The number of rotatable bonds is 4. The molecule has 8 heteroatoms. The molecule has 1 aliphatic carbocycles. The number of nitrogen functional groups attached to an aromatic ring is 1. The highest BCUT2D eigenvalue weighted by molar-refractivity contribution is 7.15. The van der Waals surface area contributed by atoms with E-state index in [1.807, 2.05) is 12.1 Å². The van der Waals surface area contributed by atoms with Crippen LogP contribution in [0.5, 0.6) is 0 Å². The number of nitrogens with two attached hydrogens (primary N) is 1. The van der Waals surface area contributed by atoms with Crippen molar-refractivity contribution in [3.8, 4) is 11.5 Å². The summed E-state index contributed by atoms with van der Waals surface area (Å²) >= 11 is 7.39. The van der Waals surface area contributed by atoms with Crippen LogP contribution >= 0.6 is 22.9 Å². The smallest absolute Gasteiger partial charge is 0.226 e. The normalized spacial score (nSPS) is 16.3. The number of carbonyl (C=O) groups is 1. The molecule has 2 aromatic heterocycles. The Bertz CT molecular complexity index is 935. The highest BCUT2D eigenvalue weighted by Crippen LogP contribution is 2.28. The fourth-order valence-corrected chi connectivity index (χ4v) is 4.16. The molecule has 0 aliphatic heterocycles. The van der Waals surface area contributed by atoms with E-state index >= 15 is 0 Å². The average Bonchev–Trinajstić information content (AvgIpc) is 3.20. The minimum atomic E-state index is -0.0631. The fraction of sp³-hybridized carbons (Fsp3) is 0.278. The maximum atomic E-state index is 12.3. The number of nitrogens with one attached hydrogen (secondary N) is 1. The van der Waals surface area contributed by atoms with Gasteiger partial charge in [-0.25, -0.2) is 9.97 Å². The zero-order valence-electron chi connectivity index (χ0n) is 13.9. The number of aryl methyl sites for hydroxylation is 1. The molecule has 3 N–H and O–H groups in total. The van der Waals surface area contributed by atoms with Gasteiger partial charge in [0.05, 0.1) is 17.8 Å². The topological polar surface area (TPSA) is 94.0 Å². The zero-order valence-corrected chi connectivity index (χ0v) is 15.4. The Morgan fingerprint density at radius 3 is 2.96 bits per heavy atom. The molecule has 1 atom stereocenters. The summed E-state index contributed by atoms with van der Waals surface area (Å²) < 4.78 is 5.48. The molecule has 26 heavy (non-hydrogen) atoms.